The first kappa shape index (κ1) is 25.1. The second-order valence-electron chi connectivity index (χ2n) is 9.70. The molecule has 32 heavy (non-hydrogen) atoms. The minimum absolute atomic E-state index is 0.00676. The van der Waals surface area contributed by atoms with Gasteiger partial charge in [-0.1, -0.05) is 32.6 Å². The molecule has 3 aliphatic rings. The second kappa shape index (κ2) is 10.6. The van der Waals surface area contributed by atoms with E-state index in [1.807, 2.05) is 6.92 Å². The van der Waals surface area contributed by atoms with Crippen LogP contribution in [0.2, 0.25) is 0 Å². The van der Waals surface area contributed by atoms with Crippen LogP contribution < -0.4 is 0 Å². The van der Waals surface area contributed by atoms with Crippen molar-refractivity contribution in [2.24, 2.45) is 23.7 Å². The number of carboxylic acid groups (broad SMARTS) is 1. The fourth-order valence-corrected chi connectivity index (χ4v) is 5.81. The molecule has 0 aromatic heterocycles. The van der Waals surface area contributed by atoms with Gasteiger partial charge >= 0.3 is 5.97 Å². The third-order valence-electron chi connectivity index (χ3n) is 7.58. The summed E-state index contributed by atoms with van der Waals surface area (Å²) in [4.78, 5) is 16.5. The van der Waals surface area contributed by atoms with Crippen molar-refractivity contribution in [3.8, 4) is 0 Å². The zero-order valence-corrected chi connectivity index (χ0v) is 19.7. The fourth-order valence-electron chi connectivity index (χ4n) is 5.81. The van der Waals surface area contributed by atoms with Gasteiger partial charge in [-0.3, -0.25) is 5.26 Å². The van der Waals surface area contributed by atoms with Crippen LogP contribution >= 0.6 is 0 Å². The van der Waals surface area contributed by atoms with Crippen LogP contribution in [0.4, 0.5) is 0 Å². The summed E-state index contributed by atoms with van der Waals surface area (Å²) < 4.78 is 18.7. The highest BCUT2D eigenvalue weighted by atomic mass is 17.1. The first-order chi connectivity index (χ1) is 15.2. The number of aliphatic carboxylic acids is 1. The third kappa shape index (κ3) is 5.02. The van der Waals surface area contributed by atoms with Crippen molar-refractivity contribution in [1.29, 1.82) is 0 Å². The zero-order chi connectivity index (χ0) is 23.5. The van der Waals surface area contributed by atoms with Crippen LogP contribution in [0.1, 0.15) is 59.8 Å². The average Bonchev–Trinajstić information content (AvgIpc) is 2.96. The van der Waals surface area contributed by atoms with Crippen LogP contribution in [0, 0.1) is 23.7 Å². The first-order valence-corrected chi connectivity index (χ1v) is 11.7. The highest BCUT2D eigenvalue weighted by Crippen LogP contribution is 2.55. The maximum atomic E-state index is 11.1. The standard InChI is InChI=1S/C25H38O7/c1-6-19(23(26)27)10-7-15(2)14-29-22-13-17(4)21-11-8-16(3)20-12-9-18(5)30-24(31-22)25(20,21)32-28/h6-7,10,16-18,20-22,24,28H,2,8-9,11-14H2,1,3-5H3,(H,26,27)/b10-7-,19-6+/t16-,17?,18?,20?,21?,22?,24?,25-/m1/s1. The number of hydrogen-bond donors (Lipinski definition) is 2. The summed E-state index contributed by atoms with van der Waals surface area (Å²) in [5, 5.41) is 19.4. The summed E-state index contributed by atoms with van der Waals surface area (Å²) in [5.41, 5.74) is -0.0741. The molecule has 0 spiro atoms. The number of hydrogen-bond acceptors (Lipinski definition) is 6. The Bertz CT molecular complexity index is 745. The van der Waals surface area contributed by atoms with E-state index in [9.17, 15) is 10.1 Å². The van der Waals surface area contributed by atoms with Crippen molar-refractivity contribution in [2.75, 3.05) is 6.61 Å². The van der Waals surface area contributed by atoms with E-state index in [2.05, 4.69) is 20.4 Å². The van der Waals surface area contributed by atoms with Crippen molar-refractivity contribution in [3.05, 3.63) is 36.0 Å². The van der Waals surface area contributed by atoms with E-state index in [0.717, 1.165) is 25.7 Å². The highest BCUT2D eigenvalue weighted by Gasteiger charge is 2.62. The average molecular weight is 451 g/mol. The van der Waals surface area contributed by atoms with Gasteiger partial charge < -0.3 is 19.3 Å². The molecule has 2 N–H and O–H groups in total. The Kier molecular flexibility index (Phi) is 8.33. The molecule has 0 amide bonds. The Morgan fingerprint density at radius 2 is 1.78 bits per heavy atom. The molecule has 2 heterocycles. The molecule has 7 heteroatoms. The van der Waals surface area contributed by atoms with Crippen molar-refractivity contribution in [1.82, 2.24) is 0 Å². The Labute approximate surface area is 191 Å². The largest absolute Gasteiger partial charge is 0.478 e. The van der Waals surface area contributed by atoms with Gasteiger partial charge in [-0.15, -0.1) is 0 Å². The van der Waals surface area contributed by atoms with Crippen molar-refractivity contribution < 1.29 is 34.3 Å². The molecule has 2 saturated heterocycles. The Morgan fingerprint density at radius 3 is 2.44 bits per heavy atom. The molecule has 3 rings (SSSR count). The molecule has 0 radical (unpaired) electrons. The summed E-state index contributed by atoms with van der Waals surface area (Å²) in [6.07, 6.45) is 7.92. The molecular weight excluding hydrogens is 412 g/mol. The lowest BCUT2D eigenvalue weighted by Gasteiger charge is -2.51. The summed E-state index contributed by atoms with van der Waals surface area (Å²) in [6, 6.07) is 0. The van der Waals surface area contributed by atoms with Gasteiger partial charge in [0.2, 0.25) is 0 Å². The van der Waals surface area contributed by atoms with Gasteiger partial charge in [-0.25, -0.2) is 9.68 Å². The normalized spacial score (nSPS) is 40.4. The molecule has 0 aromatic carbocycles. The lowest BCUT2D eigenvalue weighted by atomic mass is 9.59. The van der Waals surface area contributed by atoms with E-state index >= 15 is 0 Å². The molecular formula is C25H38O7. The summed E-state index contributed by atoms with van der Waals surface area (Å²) in [6.45, 7) is 12.3. The molecule has 0 bridgehead atoms. The summed E-state index contributed by atoms with van der Waals surface area (Å²) >= 11 is 0. The van der Waals surface area contributed by atoms with E-state index in [1.54, 1.807) is 13.0 Å². The van der Waals surface area contributed by atoms with Crippen molar-refractivity contribution in [2.45, 2.75) is 84.1 Å². The van der Waals surface area contributed by atoms with E-state index in [-0.39, 0.29) is 36.0 Å². The van der Waals surface area contributed by atoms with Gasteiger partial charge in [0.25, 0.3) is 0 Å². The monoisotopic (exact) mass is 450 g/mol. The van der Waals surface area contributed by atoms with Gasteiger partial charge in [0.1, 0.15) is 0 Å². The van der Waals surface area contributed by atoms with Crippen LogP contribution in [0.5, 0.6) is 0 Å². The van der Waals surface area contributed by atoms with Crippen molar-refractivity contribution in [3.63, 3.8) is 0 Å². The quantitative estimate of drug-likeness (QED) is 0.245. The number of allylic oxidation sites excluding steroid dienone is 1. The molecule has 6 unspecified atom stereocenters. The topological polar surface area (TPSA) is 94.5 Å². The molecule has 180 valence electrons. The molecule has 2 aliphatic heterocycles. The van der Waals surface area contributed by atoms with Gasteiger partial charge in [-0.05, 0) is 74.9 Å². The number of ether oxygens (including phenoxy) is 3. The predicted molar refractivity (Wildman–Crippen MR) is 120 cm³/mol. The molecule has 1 aliphatic carbocycles. The SMILES string of the molecule is C=C(/C=C\C(=C/C)C(=O)O)COC1CC(C)C2CC[C@@H](C)C3CCC(C)OC(O1)[C@]23OO. The molecule has 0 aromatic rings. The van der Waals surface area contributed by atoms with Gasteiger partial charge in [0.15, 0.2) is 18.2 Å². The number of carboxylic acids is 1. The summed E-state index contributed by atoms with van der Waals surface area (Å²) in [5.74, 6) is -0.125. The lowest BCUT2D eigenvalue weighted by Crippen LogP contribution is -2.61. The Morgan fingerprint density at radius 1 is 1.09 bits per heavy atom. The van der Waals surface area contributed by atoms with Crippen LogP contribution in [-0.2, 0) is 23.9 Å². The smallest absolute Gasteiger partial charge is 0.335 e. The van der Waals surface area contributed by atoms with E-state index < -0.39 is 24.2 Å². The molecule has 8 atom stereocenters. The third-order valence-corrected chi connectivity index (χ3v) is 7.58. The minimum Gasteiger partial charge on any atom is -0.478 e. The molecule has 1 saturated carbocycles. The first-order valence-electron chi connectivity index (χ1n) is 11.7. The lowest BCUT2D eigenvalue weighted by molar-refractivity contribution is -0.424. The van der Waals surface area contributed by atoms with Gasteiger partial charge in [0.05, 0.1) is 18.3 Å². The van der Waals surface area contributed by atoms with Crippen LogP contribution in [0.25, 0.3) is 0 Å². The highest BCUT2D eigenvalue weighted by molar-refractivity contribution is 5.89. The van der Waals surface area contributed by atoms with Gasteiger partial charge in [0, 0.05) is 6.42 Å². The zero-order valence-electron chi connectivity index (χ0n) is 19.7. The van der Waals surface area contributed by atoms with E-state index in [0.29, 0.717) is 17.9 Å². The van der Waals surface area contributed by atoms with E-state index in [1.165, 1.54) is 12.2 Å². The predicted octanol–water partition coefficient (Wildman–Crippen LogP) is 4.94. The van der Waals surface area contributed by atoms with Crippen LogP contribution in [0.15, 0.2) is 36.0 Å². The minimum atomic E-state index is -0.987. The van der Waals surface area contributed by atoms with Crippen LogP contribution in [-0.4, -0.2) is 47.2 Å². The molecule has 3 fully saturated rings. The number of carbonyl (C=O) groups is 1. The number of rotatable bonds is 7. The van der Waals surface area contributed by atoms with Gasteiger partial charge in [-0.2, -0.15) is 0 Å². The van der Waals surface area contributed by atoms with Crippen molar-refractivity contribution >= 4 is 5.97 Å². The second-order valence-corrected chi connectivity index (χ2v) is 9.70. The maximum absolute atomic E-state index is 11.1. The Balaban J connectivity index is 1.77. The maximum Gasteiger partial charge on any atom is 0.335 e. The fraction of sp³-hybridized carbons (Fsp3) is 0.720. The Hall–Kier alpha value is -1.51. The summed E-state index contributed by atoms with van der Waals surface area (Å²) in [7, 11) is 0. The van der Waals surface area contributed by atoms with Crippen LogP contribution in [0.3, 0.4) is 0 Å². The molecule has 7 nitrogen and oxygen atoms in total. The van der Waals surface area contributed by atoms with E-state index in [4.69, 9.17) is 24.2 Å².